The van der Waals surface area contributed by atoms with Crippen LogP contribution in [0.5, 0.6) is 0 Å². The van der Waals surface area contributed by atoms with Crippen LogP contribution in [0.1, 0.15) is 5.56 Å². The lowest BCUT2D eigenvalue weighted by molar-refractivity contribution is 0.991. The van der Waals surface area contributed by atoms with Crippen LogP contribution in [0.25, 0.3) is 0 Å². The molecule has 0 spiro atoms. The number of nitrogens with zero attached hydrogens (tertiary/aromatic N) is 2. The highest BCUT2D eigenvalue weighted by Gasteiger charge is 2.03. The first-order valence-electron chi connectivity index (χ1n) is 2.71. The Bertz CT molecular complexity index is 253. The summed E-state index contributed by atoms with van der Waals surface area (Å²) in [6, 6.07) is 8.53. The monoisotopic (exact) mass is 116 g/mol. The Morgan fingerprint density at radius 1 is 1.44 bits per heavy atom. The van der Waals surface area contributed by atoms with Crippen LogP contribution in [0, 0.1) is 6.07 Å². The predicted molar refractivity (Wildman–Crippen MR) is 34.7 cm³/mol. The Balaban J connectivity index is 2.63. The third-order valence-corrected chi connectivity index (χ3v) is 1.24. The number of hydrogen-bond acceptors (Lipinski definition) is 1. The average Bonchev–Trinajstić information content (AvgIpc) is 2.33. The van der Waals surface area contributed by atoms with Crippen LogP contribution >= 0.6 is 0 Å². The molecule has 0 fully saturated rings. The van der Waals surface area contributed by atoms with Gasteiger partial charge in [0.2, 0.25) is 0 Å². The number of rotatable bonds is 0. The molecule has 2 rings (SSSR count). The largest absolute Gasteiger partial charge is 0.158 e. The molecule has 0 saturated carbocycles. The molecule has 0 aromatic heterocycles. The van der Waals surface area contributed by atoms with Crippen LogP contribution < -0.4 is 5.43 Å². The van der Waals surface area contributed by atoms with E-state index in [-0.39, 0.29) is 0 Å². The molecule has 0 N–H and O–H groups in total. The van der Waals surface area contributed by atoms with E-state index in [0.717, 1.165) is 11.3 Å². The molecular weight excluding hydrogens is 112 g/mol. The topological polar surface area (TPSA) is 26.5 Å². The minimum atomic E-state index is 0.914. The second kappa shape index (κ2) is 1.58. The maximum atomic E-state index is 3.84. The van der Waals surface area contributed by atoms with Crippen LogP contribution in [-0.2, 0) is 0 Å². The molecule has 2 radical (unpaired) electrons. The van der Waals surface area contributed by atoms with Crippen molar-refractivity contribution < 1.29 is 0 Å². The lowest BCUT2D eigenvalue weighted by atomic mass is 10.2. The molecular formula is C7H4N2. The summed E-state index contributed by atoms with van der Waals surface area (Å²) in [4.78, 5) is 0. The van der Waals surface area contributed by atoms with Gasteiger partial charge < -0.3 is 0 Å². The first-order valence-corrected chi connectivity index (χ1v) is 2.71. The van der Waals surface area contributed by atoms with E-state index in [1.807, 2.05) is 18.2 Å². The Morgan fingerprint density at radius 3 is 3.33 bits per heavy atom. The van der Waals surface area contributed by atoms with Gasteiger partial charge in [-0.25, -0.2) is 0 Å². The van der Waals surface area contributed by atoms with Gasteiger partial charge in [0.15, 0.2) is 0 Å². The number of fused-ring (bicyclic) bond motifs is 1. The van der Waals surface area contributed by atoms with Crippen LogP contribution in [0.3, 0.4) is 0 Å². The Labute approximate surface area is 53.2 Å². The Morgan fingerprint density at radius 2 is 2.44 bits per heavy atom. The van der Waals surface area contributed by atoms with Crippen LogP contribution in [0.15, 0.2) is 23.3 Å². The summed E-state index contributed by atoms with van der Waals surface area (Å²) in [5.41, 5.74) is 5.83. The van der Waals surface area contributed by atoms with Crippen molar-refractivity contribution in [3.8, 4) is 0 Å². The van der Waals surface area contributed by atoms with E-state index in [9.17, 15) is 0 Å². The highest BCUT2D eigenvalue weighted by molar-refractivity contribution is 5.88. The van der Waals surface area contributed by atoms with Crippen molar-refractivity contribution in [2.24, 2.45) is 5.10 Å². The molecule has 1 aliphatic heterocycles. The summed E-state index contributed by atoms with van der Waals surface area (Å²) >= 11 is 0. The molecule has 0 unspecified atom stereocenters. The van der Waals surface area contributed by atoms with Gasteiger partial charge in [0.05, 0.1) is 11.9 Å². The van der Waals surface area contributed by atoms with Crippen molar-refractivity contribution in [3.05, 3.63) is 29.8 Å². The lowest BCUT2D eigenvalue weighted by Gasteiger charge is -1.89. The van der Waals surface area contributed by atoms with E-state index >= 15 is 0 Å². The molecule has 0 atom stereocenters. The predicted octanol–water partition coefficient (Wildman–Crippen LogP) is 1.07. The smallest absolute Gasteiger partial charge is 0.0951 e. The molecule has 0 amide bonds. The minimum absolute atomic E-state index is 0.914. The zero-order valence-corrected chi connectivity index (χ0v) is 4.70. The Hall–Kier alpha value is -1.31. The van der Waals surface area contributed by atoms with Gasteiger partial charge in [0.25, 0.3) is 0 Å². The van der Waals surface area contributed by atoms with Gasteiger partial charge in [-0.05, 0) is 12.1 Å². The van der Waals surface area contributed by atoms with Gasteiger partial charge in [0, 0.05) is 5.56 Å². The lowest BCUT2D eigenvalue weighted by Crippen LogP contribution is -1.79. The van der Waals surface area contributed by atoms with Gasteiger partial charge >= 0.3 is 0 Å². The van der Waals surface area contributed by atoms with E-state index in [4.69, 9.17) is 0 Å². The van der Waals surface area contributed by atoms with Crippen molar-refractivity contribution in [1.82, 2.24) is 5.43 Å². The molecule has 1 aliphatic rings. The molecule has 0 aliphatic carbocycles. The summed E-state index contributed by atoms with van der Waals surface area (Å²) in [5, 5.41) is 3.73. The van der Waals surface area contributed by atoms with Gasteiger partial charge in [-0.2, -0.15) is 10.5 Å². The Kier molecular flexibility index (Phi) is 0.803. The zero-order chi connectivity index (χ0) is 6.10. The first kappa shape index (κ1) is 4.56. The van der Waals surface area contributed by atoms with Crippen LogP contribution in [0.2, 0.25) is 0 Å². The second-order valence-corrected chi connectivity index (χ2v) is 1.83. The van der Waals surface area contributed by atoms with Gasteiger partial charge in [-0.15, -0.1) is 0 Å². The van der Waals surface area contributed by atoms with Gasteiger partial charge in [-0.1, -0.05) is 12.1 Å². The summed E-state index contributed by atoms with van der Waals surface area (Å²) in [5.74, 6) is 0. The molecule has 42 valence electrons. The fourth-order valence-corrected chi connectivity index (χ4v) is 0.783. The van der Waals surface area contributed by atoms with E-state index in [1.54, 1.807) is 6.21 Å². The zero-order valence-electron chi connectivity index (χ0n) is 4.70. The standard InChI is InChI=1S/C7H4N2/c1-2-4-7-6(3-1)5-8-9-7/h1,3-5H. The molecule has 0 saturated heterocycles. The quantitative estimate of drug-likeness (QED) is 0.484. The molecule has 1 heterocycles. The van der Waals surface area contributed by atoms with E-state index in [2.05, 4.69) is 16.6 Å². The maximum absolute atomic E-state index is 3.84. The summed E-state index contributed by atoms with van der Waals surface area (Å²) in [6.07, 6.45) is 1.74. The SMILES string of the molecule is [c]1ccc2c(c1)[N]N=C2. The second-order valence-electron chi connectivity index (χ2n) is 1.83. The molecule has 1 aromatic carbocycles. The van der Waals surface area contributed by atoms with Crippen molar-refractivity contribution in [1.29, 1.82) is 0 Å². The van der Waals surface area contributed by atoms with Gasteiger partial charge in [0.1, 0.15) is 0 Å². The minimum Gasteiger partial charge on any atom is -0.158 e. The van der Waals surface area contributed by atoms with E-state index in [0.29, 0.717) is 0 Å². The molecule has 9 heavy (non-hydrogen) atoms. The fraction of sp³-hybridized carbons (Fsp3) is 0. The maximum Gasteiger partial charge on any atom is 0.0951 e. The highest BCUT2D eigenvalue weighted by atomic mass is 15.3. The summed E-state index contributed by atoms with van der Waals surface area (Å²) < 4.78 is 0. The summed E-state index contributed by atoms with van der Waals surface area (Å²) in [7, 11) is 0. The third kappa shape index (κ3) is 0.598. The van der Waals surface area contributed by atoms with E-state index < -0.39 is 0 Å². The van der Waals surface area contributed by atoms with Crippen molar-refractivity contribution in [2.45, 2.75) is 0 Å². The highest BCUT2D eigenvalue weighted by Crippen LogP contribution is 2.16. The van der Waals surface area contributed by atoms with Crippen molar-refractivity contribution >= 4 is 11.9 Å². The molecule has 1 aromatic rings. The number of benzene rings is 1. The van der Waals surface area contributed by atoms with Crippen LogP contribution in [0.4, 0.5) is 5.69 Å². The normalized spacial score (nSPS) is 12.9. The van der Waals surface area contributed by atoms with E-state index in [1.165, 1.54) is 0 Å². The van der Waals surface area contributed by atoms with Gasteiger partial charge in [-0.3, -0.25) is 0 Å². The summed E-state index contributed by atoms with van der Waals surface area (Å²) in [6.45, 7) is 0. The molecule has 0 bridgehead atoms. The van der Waals surface area contributed by atoms with Crippen LogP contribution in [-0.4, -0.2) is 6.21 Å². The molecule has 2 nitrogen and oxygen atoms in total. The van der Waals surface area contributed by atoms with Crippen molar-refractivity contribution in [3.63, 3.8) is 0 Å². The third-order valence-electron chi connectivity index (χ3n) is 1.24. The molecule has 2 heteroatoms. The number of hydrogen-bond donors (Lipinski definition) is 0. The fourth-order valence-electron chi connectivity index (χ4n) is 0.783. The van der Waals surface area contributed by atoms with Crippen molar-refractivity contribution in [2.75, 3.05) is 0 Å². The average molecular weight is 116 g/mol. The first-order chi connectivity index (χ1) is 4.47.